The Kier molecular flexibility index (Phi) is 3.87. The van der Waals surface area contributed by atoms with Gasteiger partial charge in [0, 0.05) is 12.1 Å². The molecule has 2 aromatic rings. The second-order valence-corrected chi connectivity index (χ2v) is 5.08. The van der Waals surface area contributed by atoms with Crippen molar-refractivity contribution in [1.82, 2.24) is 19.9 Å². The molecule has 0 spiro atoms. The lowest BCUT2D eigenvalue weighted by Gasteiger charge is -2.15. The molecule has 0 radical (unpaired) electrons. The number of hydrogen-bond acceptors (Lipinski definition) is 4. The largest absolute Gasteiger partial charge is 0.301 e. The predicted molar refractivity (Wildman–Crippen MR) is 76.5 cm³/mol. The van der Waals surface area contributed by atoms with Crippen LogP contribution in [0.1, 0.15) is 23.3 Å². The highest BCUT2D eigenvalue weighted by molar-refractivity contribution is 5.83. The molecule has 1 fully saturated rings. The Bertz CT molecular complexity index is 573. The topological polar surface area (TPSA) is 51.0 Å². The molecule has 0 amide bonds. The molecule has 0 N–H and O–H groups in total. The van der Waals surface area contributed by atoms with Gasteiger partial charge in [-0.25, -0.2) is 4.68 Å². The van der Waals surface area contributed by atoms with Gasteiger partial charge >= 0.3 is 0 Å². The van der Waals surface area contributed by atoms with Crippen molar-refractivity contribution in [2.24, 2.45) is 0 Å². The third-order valence-electron chi connectivity index (χ3n) is 3.75. The van der Waals surface area contributed by atoms with Crippen LogP contribution in [0.3, 0.4) is 0 Å². The van der Waals surface area contributed by atoms with Crippen molar-refractivity contribution in [1.29, 1.82) is 0 Å². The van der Waals surface area contributed by atoms with Gasteiger partial charge in [0.25, 0.3) is 0 Å². The van der Waals surface area contributed by atoms with Crippen LogP contribution in [-0.4, -0.2) is 45.8 Å². The zero-order chi connectivity index (χ0) is 13.8. The number of rotatable bonds is 5. The van der Waals surface area contributed by atoms with E-state index in [4.69, 9.17) is 0 Å². The summed E-state index contributed by atoms with van der Waals surface area (Å²) in [6.45, 7) is 4.05. The molecule has 3 rings (SSSR count). The lowest BCUT2D eigenvalue weighted by atomic mass is 10.1. The molecule has 5 heteroatoms. The number of carbonyl (C=O) groups excluding carboxylic acids is 1. The van der Waals surface area contributed by atoms with E-state index in [-0.39, 0.29) is 0 Å². The molecule has 0 atom stereocenters. The van der Waals surface area contributed by atoms with Gasteiger partial charge < -0.3 is 4.90 Å². The maximum Gasteiger partial charge on any atom is 0.172 e. The van der Waals surface area contributed by atoms with Crippen molar-refractivity contribution in [3.63, 3.8) is 0 Å². The summed E-state index contributed by atoms with van der Waals surface area (Å²) in [6, 6.07) is 9.85. The Hall–Kier alpha value is -2.01. The summed E-state index contributed by atoms with van der Waals surface area (Å²) in [7, 11) is 0. The highest BCUT2D eigenvalue weighted by atomic mass is 16.1. The van der Waals surface area contributed by atoms with E-state index >= 15 is 0 Å². The van der Waals surface area contributed by atoms with Gasteiger partial charge in [0.15, 0.2) is 12.0 Å². The first kappa shape index (κ1) is 13.0. The number of likely N-dealkylation sites (tertiary alicyclic amines) is 1. The van der Waals surface area contributed by atoms with Gasteiger partial charge in [-0.05, 0) is 25.9 Å². The Balaban J connectivity index is 1.83. The molecule has 1 aromatic heterocycles. The van der Waals surface area contributed by atoms with E-state index in [1.165, 1.54) is 12.8 Å². The maximum atomic E-state index is 11.1. The SMILES string of the molecule is O=Cc1nnn(CCN2CCCC2)c1-c1ccccc1. The van der Waals surface area contributed by atoms with Crippen LogP contribution in [0.2, 0.25) is 0 Å². The van der Waals surface area contributed by atoms with E-state index < -0.39 is 0 Å². The van der Waals surface area contributed by atoms with Crippen LogP contribution in [0, 0.1) is 0 Å². The zero-order valence-corrected chi connectivity index (χ0v) is 11.4. The van der Waals surface area contributed by atoms with E-state index in [9.17, 15) is 4.79 Å². The summed E-state index contributed by atoms with van der Waals surface area (Å²) >= 11 is 0. The average Bonchev–Trinajstić information content (AvgIpc) is 3.15. The van der Waals surface area contributed by atoms with Crippen molar-refractivity contribution < 1.29 is 4.79 Å². The maximum absolute atomic E-state index is 11.1. The molecule has 1 aromatic carbocycles. The van der Waals surface area contributed by atoms with E-state index in [2.05, 4.69) is 15.2 Å². The van der Waals surface area contributed by atoms with Crippen molar-refractivity contribution in [3.05, 3.63) is 36.0 Å². The Morgan fingerprint density at radius 2 is 1.85 bits per heavy atom. The summed E-state index contributed by atoms with van der Waals surface area (Å²) < 4.78 is 1.84. The molecule has 20 heavy (non-hydrogen) atoms. The molecule has 1 aliphatic rings. The second-order valence-electron chi connectivity index (χ2n) is 5.08. The molecular formula is C15H18N4O. The summed E-state index contributed by atoms with van der Waals surface area (Å²) in [5.74, 6) is 0. The van der Waals surface area contributed by atoms with Gasteiger partial charge in [0.05, 0.1) is 12.2 Å². The van der Waals surface area contributed by atoms with Crippen LogP contribution < -0.4 is 0 Å². The van der Waals surface area contributed by atoms with Gasteiger partial charge in [0.1, 0.15) is 0 Å². The number of benzene rings is 1. The fraction of sp³-hybridized carbons (Fsp3) is 0.400. The second kappa shape index (κ2) is 5.96. The van der Waals surface area contributed by atoms with Gasteiger partial charge in [-0.15, -0.1) is 5.10 Å². The van der Waals surface area contributed by atoms with Gasteiger partial charge in [-0.2, -0.15) is 0 Å². The smallest absolute Gasteiger partial charge is 0.172 e. The fourth-order valence-electron chi connectivity index (χ4n) is 2.70. The molecule has 0 aliphatic carbocycles. The number of carbonyl (C=O) groups is 1. The summed E-state index contributed by atoms with van der Waals surface area (Å²) in [4.78, 5) is 13.6. The molecule has 5 nitrogen and oxygen atoms in total. The number of hydrogen-bond donors (Lipinski definition) is 0. The molecule has 0 saturated carbocycles. The zero-order valence-electron chi connectivity index (χ0n) is 11.4. The van der Waals surface area contributed by atoms with E-state index in [0.29, 0.717) is 5.69 Å². The van der Waals surface area contributed by atoms with Crippen LogP contribution in [0.15, 0.2) is 30.3 Å². The lowest BCUT2D eigenvalue weighted by molar-refractivity contribution is 0.111. The quantitative estimate of drug-likeness (QED) is 0.778. The van der Waals surface area contributed by atoms with Gasteiger partial charge in [0.2, 0.25) is 0 Å². The first-order chi connectivity index (χ1) is 9.88. The third-order valence-corrected chi connectivity index (χ3v) is 3.75. The Morgan fingerprint density at radius 3 is 2.55 bits per heavy atom. The van der Waals surface area contributed by atoms with Gasteiger partial charge in [-0.1, -0.05) is 35.5 Å². The third kappa shape index (κ3) is 2.63. The normalized spacial score (nSPS) is 15.6. The fourth-order valence-corrected chi connectivity index (χ4v) is 2.70. The van der Waals surface area contributed by atoms with Crippen molar-refractivity contribution >= 4 is 6.29 Å². The van der Waals surface area contributed by atoms with E-state index in [0.717, 1.165) is 43.7 Å². The van der Waals surface area contributed by atoms with Gasteiger partial charge in [-0.3, -0.25) is 4.79 Å². The van der Waals surface area contributed by atoms with E-state index in [1.807, 2.05) is 35.0 Å². The van der Waals surface area contributed by atoms with E-state index in [1.54, 1.807) is 0 Å². The molecule has 104 valence electrons. The van der Waals surface area contributed by atoms with Crippen LogP contribution in [0.5, 0.6) is 0 Å². The Labute approximate surface area is 118 Å². The molecule has 2 heterocycles. The van der Waals surface area contributed by atoms with Crippen LogP contribution in [0.25, 0.3) is 11.3 Å². The van der Waals surface area contributed by atoms with Crippen LogP contribution in [-0.2, 0) is 6.54 Å². The molecule has 1 saturated heterocycles. The Morgan fingerprint density at radius 1 is 1.10 bits per heavy atom. The van der Waals surface area contributed by atoms with Crippen LogP contribution >= 0.6 is 0 Å². The van der Waals surface area contributed by atoms with Crippen molar-refractivity contribution in [2.75, 3.05) is 19.6 Å². The summed E-state index contributed by atoms with van der Waals surface area (Å²) in [5.41, 5.74) is 2.22. The minimum Gasteiger partial charge on any atom is -0.301 e. The first-order valence-corrected chi connectivity index (χ1v) is 7.05. The predicted octanol–water partition coefficient (Wildman–Crippen LogP) is 1.85. The summed E-state index contributed by atoms with van der Waals surface area (Å²) in [6.07, 6.45) is 3.34. The number of nitrogens with zero attached hydrogens (tertiary/aromatic N) is 4. The first-order valence-electron chi connectivity index (χ1n) is 7.05. The number of aromatic nitrogens is 3. The lowest BCUT2D eigenvalue weighted by Crippen LogP contribution is -2.24. The monoisotopic (exact) mass is 270 g/mol. The molecule has 0 unspecified atom stereocenters. The highest BCUT2D eigenvalue weighted by Gasteiger charge is 2.16. The standard InChI is InChI=1S/C15H18N4O/c20-12-14-15(13-6-2-1-3-7-13)19(17-16-14)11-10-18-8-4-5-9-18/h1-3,6-7,12H,4-5,8-11H2. The molecule has 1 aliphatic heterocycles. The highest BCUT2D eigenvalue weighted by Crippen LogP contribution is 2.21. The molecule has 0 bridgehead atoms. The minimum atomic E-state index is 0.414. The molecular weight excluding hydrogens is 252 g/mol. The number of aldehydes is 1. The van der Waals surface area contributed by atoms with Crippen LogP contribution in [0.4, 0.5) is 0 Å². The minimum absolute atomic E-state index is 0.414. The summed E-state index contributed by atoms with van der Waals surface area (Å²) in [5, 5.41) is 8.12. The average molecular weight is 270 g/mol. The van der Waals surface area contributed by atoms with Crippen molar-refractivity contribution in [3.8, 4) is 11.3 Å². The van der Waals surface area contributed by atoms with Crippen molar-refractivity contribution in [2.45, 2.75) is 19.4 Å².